The van der Waals surface area contributed by atoms with E-state index in [1.54, 1.807) is 0 Å². The van der Waals surface area contributed by atoms with Gasteiger partial charge in [0.15, 0.2) is 0 Å². The van der Waals surface area contributed by atoms with Crippen molar-refractivity contribution in [3.05, 3.63) is 78.1 Å². The second kappa shape index (κ2) is 7.22. The van der Waals surface area contributed by atoms with Gasteiger partial charge in [-0.3, -0.25) is 9.88 Å². The van der Waals surface area contributed by atoms with Crippen molar-refractivity contribution in [1.82, 2.24) is 9.88 Å². The van der Waals surface area contributed by atoms with Gasteiger partial charge in [0.1, 0.15) is 0 Å². The van der Waals surface area contributed by atoms with Gasteiger partial charge in [-0.25, -0.2) is 0 Å². The van der Waals surface area contributed by atoms with Crippen LogP contribution in [0.2, 0.25) is 0 Å². The first-order valence-electron chi connectivity index (χ1n) is 6.54. The Morgan fingerprint density at radius 2 is 1.95 bits per heavy atom. The molecule has 100 valence electrons. The van der Waals surface area contributed by atoms with Gasteiger partial charge in [-0.1, -0.05) is 24.3 Å². The summed E-state index contributed by atoms with van der Waals surface area (Å²) in [5.41, 5.74) is 2.92. The first-order valence-corrected chi connectivity index (χ1v) is 6.54. The summed E-state index contributed by atoms with van der Waals surface area (Å²) in [6, 6.07) is 15.8. The molecule has 0 aliphatic carbocycles. The molecular weight excluding hydrogens is 246 g/mol. The standard InChI is InChI=1S/C17H17N3/c1-2-11-20(14-17-5-3-4-10-19-17)13-16-8-6-15(12-18)7-9-16/h2-10H,1,11,13-14H2. The van der Waals surface area contributed by atoms with Crippen molar-refractivity contribution < 1.29 is 0 Å². The topological polar surface area (TPSA) is 39.9 Å². The van der Waals surface area contributed by atoms with Gasteiger partial charge in [0, 0.05) is 25.8 Å². The minimum atomic E-state index is 0.689. The smallest absolute Gasteiger partial charge is 0.0991 e. The van der Waals surface area contributed by atoms with E-state index < -0.39 is 0 Å². The van der Waals surface area contributed by atoms with Crippen LogP contribution in [0.15, 0.2) is 61.3 Å². The van der Waals surface area contributed by atoms with E-state index in [9.17, 15) is 0 Å². The molecule has 0 aliphatic heterocycles. The van der Waals surface area contributed by atoms with Crippen LogP contribution >= 0.6 is 0 Å². The van der Waals surface area contributed by atoms with Gasteiger partial charge in [-0.15, -0.1) is 6.58 Å². The number of pyridine rings is 1. The van der Waals surface area contributed by atoms with E-state index in [1.807, 2.05) is 54.7 Å². The van der Waals surface area contributed by atoms with Gasteiger partial charge >= 0.3 is 0 Å². The fourth-order valence-electron chi connectivity index (χ4n) is 2.03. The van der Waals surface area contributed by atoms with Gasteiger partial charge in [-0.05, 0) is 29.8 Å². The fourth-order valence-corrected chi connectivity index (χ4v) is 2.03. The maximum atomic E-state index is 8.81. The quantitative estimate of drug-likeness (QED) is 0.752. The van der Waals surface area contributed by atoms with Crippen LogP contribution in [0.4, 0.5) is 0 Å². The number of nitriles is 1. The summed E-state index contributed by atoms with van der Waals surface area (Å²) < 4.78 is 0. The number of nitrogens with zero attached hydrogens (tertiary/aromatic N) is 3. The average Bonchev–Trinajstić information content (AvgIpc) is 2.49. The second-order valence-electron chi connectivity index (χ2n) is 4.59. The predicted octanol–water partition coefficient (Wildman–Crippen LogP) is 3.14. The summed E-state index contributed by atoms with van der Waals surface area (Å²) in [6.45, 7) is 6.21. The van der Waals surface area contributed by atoms with Crippen molar-refractivity contribution in [2.45, 2.75) is 13.1 Å². The van der Waals surface area contributed by atoms with Gasteiger partial charge in [0.05, 0.1) is 17.3 Å². The monoisotopic (exact) mass is 263 g/mol. The molecule has 0 atom stereocenters. The van der Waals surface area contributed by atoms with Crippen LogP contribution in [0, 0.1) is 11.3 Å². The summed E-state index contributed by atoms with van der Waals surface area (Å²) in [6.07, 6.45) is 3.70. The molecule has 0 saturated carbocycles. The normalized spacial score (nSPS) is 10.2. The Kier molecular flexibility index (Phi) is 5.05. The molecule has 20 heavy (non-hydrogen) atoms. The number of hydrogen-bond donors (Lipinski definition) is 0. The van der Waals surface area contributed by atoms with Crippen LogP contribution in [0.1, 0.15) is 16.8 Å². The predicted molar refractivity (Wildman–Crippen MR) is 79.7 cm³/mol. The largest absolute Gasteiger partial charge is 0.290 e. The zero-order valence-corrected chi connectivity index (χ0v) is 11.4. The van der Waals surface area contributed by atoms with Crippen LogP contribution in [0.3, 0.4) is 0 Å². The zero-order chi connectivity index (χ0) is 14.2. The lowest BCUT2D eigenvalue weighted by Gasteiger charge is -2.20. The lowest BCUT2D eigenvalue weighted by Crippen LogP contribution is -2.23. The van der Waals surface area contributed by atoms with Crippen molar-refractivity contribution >= 4 is 0 Å². The van der Waals surface area contributed by atoms with Crippen molar-refractivity contribution in [2.24, 2.45) is 0 Å². The molecule has 0 saturated heterocycles. The summed E-state index contributed by atoms with van der Waals surface area (Å²) >= 11 is 0. The van der Waals surface area contributed by atoms with Crippen molar-refractivity contribution in [3.63, 3.8) is 0 Å². The van der Waals surface area contributed by atoms with E-state index in [0.717, 1.165) is 25.3 Å². The molecule has 0 radical (unpaired) electrons. The summed E-state index contributed by atoms with van der Waals surface area (Å²) in [7, 11) is 0. The number of hydrogen-bond acceptors (Lipinski definition) is 3. The third kappa shape index (κ3) is 4.04. The van der Waals surface area contributed by atoms with Crippen LogP contribution in [0.5, 0.6) is 0 Å². The third-order valence-corrected chi connectivity index (χ3v) is 2.99. The summed E-state index contributed by atoms with van der Waals surface area (Å²) in [5, 5.41) is 8.81. The van der Waals surface area contributed by atoms with E-state index in [0.29, 0.717) is 5.56 Å². The Hall–Kier alpha value is -2.44. The van der Waals surface area contributed by atoms with E-state index in [4.69, 9.17) is 5.26 Å². The summed E-state index contributed by atoms with van der Waals surface area (Å²) in [4.78, 5) is 6.61. The molecule has 0 fully saturated rings. The lowest BCUT2D eigenvalue weighted by atomic mass is 10.1. The van der Waals surface area contributed by atoms with Gasteiger partial charge in [0.2, 0.25) is 0 Å². The molecule has 3 nitrogen and oxygen atoms in total. The lowest BCUT2D eigenvalue weighted by molar-refractivity contribution is 0.282. The van der Waals surface area contributed by atoms with Crippen LogP contribution in [-0.2, 0) is 13.1 Å². The Morgan fingerprint density at radius 1 is 1.15 bits per heavy atom. The molecule has 0 amide bonds. The SMILES string of the molecule is C=CCN(Cc1ccc(C#N)cc1)Cc1ccccn1. The van der Waals surface area contributed by atoms with Crippen LogP contribution in [0.25, 0.3) is 0 Å². The van der Waals surface area contributed by atoms with Crippen molar-refractivity contribution in [2.75, 3.05) is 6.54 Å². The van der Waals surface area contributed by atoms with E-state index in [1.165, 1.54) is 5.56 Å². The van der Waals surface area contributed by atoms with Gasteiger partial charge < -0.3 is 0 Å². The molecule has 1 heterocycles. The minimum Gasteiger partial charge on any atom is -0.290 e. The minimum absolute atomic E-state index is 0.689. The third-order valence-electron chi connectivity index (χ3n) is 2.99. The Balaban J connectivity index is 2.05. The van der Waals surface area contributed by atoms with Gasteiger partial charge in [0.25, 0.3) is 0 Å². The van der Waals surface area contributed by atoms with Crippen LogP contribution < -0.4 is 0 Å². The highest BCUT2D eigenvalue weighted by molar-refractivity contribution is 5.31. The van der Waals surface area contributed by atoms with Crippen molar-refractivity contribution in [1.29, 1.82) is 5.26 Å². The van der Waals surface area contributed by atoms with E-state index in [-0.39, 0.29) is 0 Å². The van der Waals surface area contributed by atoms with Crippen LogP contribution in [-0.4, -0.2) is 16.4 Å². The van der Waals surface area contributed by atoms with E-state index in [2.05, 4.69) is 22.5 Å². The molecule has 0 aliphatic rings. The Morgan fingerprint density at radius 3 is 2.55 bits per heavy atom. The van der Waals surface area contributed by atoms with E-state index >= 15 is 0 Å². The molecule has 0 bridgehead atoms. The average molecular weight is 263 g/mol. The number of benzene rings is 1. The highest BCUT2D eigenvalue weighted by Gasteiger charge is 2.06. The number of rotatable bonds is 6. The molecule has 0 spiro atoms. The van der Waals surface area contributed by atoms with Gasteiger partial charge in [-0.2, -0.15) is 5.26 Å². The molecule has 2 rings (SSSR count). The Bertz CT molecular complexity index is 582. The highest BCUT2D eigenvalue weighted by Crippen LogP contribution is 2.10. The molecule has 1 aromatic carbocycles. The summed E-state index contributed by atoms with van der Waals surface area (Å²) in [5.74, 6) is 0. The maximum Gasteiger partial charge on any atom is 0.0991 e. The number of aromatic nitrogens is 1. The first-order chi connectivity index (χ1) is 9.81. The zero-order valence-electron chi connectivity index (χ0n) is 11.4. The Labute approximate surface area is 119 Å². The molecular formula is C17H17N3. The fraction of sp³-hybridized carbons (Fsp3) is 0.176. The molecule has 0 unspecified atom stereocenters. The van der Waals surface area contributed by atoms with Crippen molar-refractivity contribution in [3.8, 4) is 6.07 Å². The molecule has 0 N–H and O–H groups in total. The molecule has 1 aromatic heterocycles. The maximum absolute atomic E-state index is 8.81. The molecule has 2 aromatic rings. The second-order valence-corrected chi connectivity index (χ2v) is 4.59. The highest BCUT2D eigenvalue weighted by atomic mass is 15.1. The molecule has 3 heteroatoms. The first kappa shape index (κ1) is 14.0.